The Morgan fingerprint density at radius 2 is 2.15 bits per heavy atom. The normalized spacial score (nSPS) is 17.8. The highest BCUT2D eigenvalue weighted by molar-refractivity contribution is 5.88. The minimum absolute atomic E-state index is 0.0871. The number of nitrogens with zero attached hydrogens (tertiary/aromatic N) is 2. The first kappa shape index (κ1) is 18.1. The molecule has 0 aliphatic carbocycles. The van der Waals surface area contributed by atoms with Crippen molar-refractivity contribution in [2.75, 3.05) is 13.1 Å². The van der Waals surface area contributed by atoms with Gasteiger partial charge in [0.05, 0.1) is 31.0 Å². The van der Waals surface area contributed by atoms with E-state index >= 15 is 0 Å². The summed E-state index contributed by atoms with van der Waals surface area (Å²) in [5.41, 5.74) is 4.11. The van der Waals surface area contributed by atoms with Gasteiger partial charge in [0.1, 0.15) is 0 Å². The molecule has 1 aromatic heterocycles. The second-order valence-electron chi connectivity index (χ2n) is 6.66. The van der Waals surface area contributed by atoms with E-state index in [2.05, 4.69) is 44.6 Å². The number of aromatic amines is 1. The maximum Gasteiger partial charge on any atom is 0.237 e. The molecule has 1 saturated heterocycles. The molecule has 1 aliphatic rings. The number of benzene rings is 1. The lowest BCUT2D eigenvalue weighted by Crippen LogP contribution is -2.56. The van der Waals surface area contributed by atoms with Crippen LogP contribution in [0, 0.1) is 13.8 Å². The lowest BCUT2D eigenvalue weighted by Gasteiger charge is -2.35. The number of carbonyl (C=O) groups excluding carboxylic acids is 2. The number of aryl methyl sites for hydroxylation is 2. The van der Waals surface area contributed by atoms with Crippen LogP contribution >= 0.6 is 0 Å². The molecule has 0 radical (unpaired) electrons. The summed E-state index contributed by atoms with van der Waals surface area (Å²) in [6, 6.07) is 7.68. The Morgan fingerprint density at radius 1 is 1.35 bits per heavy atom. The molecular formula is C19H25N5O2. The summed E-state index contributed by atoms with van der Waals surface area (Å²) in [7, 11) is 0. The smallest absolute Gasteiger partial charge is 0.237 e. The number of H-pyrrole nitrogens is 1. The minimum atomic E-state index is -0.455. The van der Waals surface area contributed by atoms with E-state index < -0.39 is 6.04 Å². The number of hydrogen-bond acceptors (Lipinski definition) is 4. The summed E-state index contributed by atoms with van der Waals surface area (Å²) in [5.74, 6) is -0.236. The summed E-state index contributed by atoms with van der Waals surface area (Å²) < 4.78 is 0. The highest BCUT2D eigenvalue weighted by Crippen LogP contribution is 2.16. The molecule has 7 heteroatoms. The van der Waals surface area contributed by atoms with E-state index in [0.29, 0.717) is 19.6 Å². The first-order chi connectivity index (χ1) is 12.5. The molecule has 7 nitrogen and oxygen atoms in total. The fourth-order valence-corrected chi connectivity index (χ4v) is 3.17. The van der Waals surface area contributed by atoms with Crippen LogP contribution in [0.2, 0.25) is 0 Å². The summed E-state index contributed by atoms with van der Waals surface area (Å²) in [5, 5.41) is 5.73. The van der Waals surface area contributed by atoms with Gasteiger partial charge in [-0.15, -0.1) is 0 Å². The van der Waals surface area contributed by atoms with Gasteiger partial charge in [-0.2, -0.15) is 0 Å². The van der Waals surface area contributed by atoms with Crippen LogP contribution in [0.4, 0.5) is 0 Å². The lowest BCUT2D eigenvalue weighted by molar-refractivity contribution is -0.134. The third-order valence-electron chi connectivity index (χ3n) is 4.84. The zero-order chi connectivity index (χ0) is 18.5. The number of aromatic nitrogens is 2. The first-order valence-electron chi connectivity index (χ1n) is 8.86. The topological polar surface area (TPSA) is 90.1 Å². The van der Waals surface area contributed by atoms with Gasteiger partial charge in [-0.3, -0.25) is 14.5 Å². The summed E-state index contributed by atoms with van der Waals surface area (Å²) in [6.45, 7) is 6.34. The van der Waals surface area contributed by atoms with Crippen LogP contribution in [0.15, 0.2) is 30.6 Å². The van der Waals surface area contributed by atoms with E-state index in [0.717, 1.165) is 17.9 Å². The number of amides is 2. The van der Waals surface area contributed by atoms with Crippen LogP contribution in [0.1, 0.15) is 28.9 Å². The molecule has 2 aromatic rings. The second-order valence-corrected chi connectivity index (χ2v) is 6.66. The standard InChI is InChI=1S/C19H25N5O2/c1-13-5-3-4-6-15(13)11-24-8-7-20-19(26)17(24)9-18(25)21-10-16-14(2)22-12-23-16/h3-6,12,17H,7-11H2,1-2H3,(H,20,26)(H,21,25)(H,22,23). The van der Waals surface area contributed by atoms with Crippen molar-refractivity contribution in [2.45, 2.75) is 39.4 Å². The van der Waals surface area contributed by atoms with Gasteiger partial charge in [0.2, 0.25) is 11.8 Å². The van der Waals surface area contributed by atoms with Gasteiger partial charge in [0, 0.05) is 25.3 Å². The predicted molar refractivity (Wildman–Crippen MR) is 98.2 cm³/mol. The molecule has 1 aromatic carbocycles. The Labute approximate surface area is 153 Å². The third-order valence-corrected chi connectivity index (χ3v) is 4.84. The molecule has 1 unspecified atom stereocenters. The minimum Gasteiger partial charge on any atom is -0.353 e. The molecule has 2 amide bonds. The molecule has 2 heterocycles. The van der Waals surface area contributed by atoms with E-state index in [1.54, 1.807) is 6.33 Å². The van der Waals surface area contributed by atoms with Gasteiger partial charge >= 0.3 is 0 Å². The molecule has 0 bridgehead atoms. The molecule has 1 atom stereocenters. The Kier molecular flexibility index (Phi) is 5.68. The van der Waals surface area contributed by atoms with E-state index in [1.807, 2.05) is 19.1 Å². The van der Waals surface area contributed by atoms with Crippen LogP contribution in [0.3, 0.4) is 0 Å². The van der Waals surface area contributed by atoms with Gasteiger partial charge in [-0.1, -0.05) is 24.3 Å². The van der Waals surface area contributed by atoms with Crippen LogP contribution in [-0.2, 0) is 22.7 Å². The fraction of sp³-hybridized carbons (Fsp3) is 0.421. The number of nitrogens with one attached hydrogen (secondary N) is 3. The highest BCUT2D eigenvalue weighted by Gasteiger charge is 2.31. The van der Waals surface area contributed by atoms with Gasteiger partial charge < -0.3 is 15.6 Å². The molecule has 1 aliphatic heterocycles. The van der Waals surface area contributed by atoms with E-state index in [-0.39, 0.29) is 18.2 Å². The Balaban J connectivity index is 1.62. The van der Waals surface area contributed by atoms with Gasteiger partial charge in [0.25, 0.3) is 0 Å². The Morgan fingerprint density at radius 3 is 2.88 bits per heavy atom. The quantitative estimate of drug-likeness (QED) is 0.722. The molecule has 3 N–H and O–H groups in total. The van der Waals surface area contributed by atoms with Crippen molar-refractivity contribution in [3.8, 4) is 0 Å². The number of hydrogen-bond donors (Lipinski definition) is 3. The van der Waals surface area contributed by atoms with Crippen molar-refractivity contribution in [1.82, 2.24) is 25.5 Å². The lowest BCUT2D eigenvalue weighted by atomic mass is 10.0. The highest BCUT2D eigenvalue weighted by atomic mass is 16.2. The Bertz CT molecular complexity index is 786. The van der Waals surface area contributed by atoms with Gasteiger partial charge in [-0.05, 0) is 25.0 Å². The molecule has 0 spiro atoms. The molecule has 138 valence electrons. The summed E-state index contributed by atoms with van der Waals surface area (Å²) in [6.07, 6.45) is 1.75. The van der Waals surface area contributed by atoms with Crippen LogP contribution in [0.5, 0.6) is 0 Å². The predicted octanol–water partition coefficient (Wildman–Crippen LogP) is 1.03. The zero-order valence-corrected chi connectivity index (χ0v) is 15.2. The number of imidazole rings is 1. The number of rotatable bonds is 6. The van der Waals surface area contributed by atoms with E-state index in [1.165, 1.54) is 11.1 Å². The van der Waals surface area contributed by atoms with Crippen LogP contribution < -0.4 is 10.6 Å². The molecule has 1 fully saturated rings. The SMILES string of the molecule is Cc1ccccc1CN1CCNC(=O)C1CC(=O)NCc1nc[nH]c1C. The summed E-state index contributed by atoms with van der Waals surface area (Å²) in [4.78, 5) is 34.0. The molecule has 26 heavy (non-hydrogen) atoms. The van der Waals surface area contributed by atoms with E-state index in [4.69, 9.17) is 0 Å². The van der Waals surface area contributed by atoms with Crippen molar-refractivity contribution in [3.05, 3.63) is 53.1 Å². The van der Waals surface area contributed by atoms with Crippen LogP contribution in [-0.4, -0.2) is 45.8 Å². The van der Waals surface area contributed by atoms with E-state index in [9.17, 15) is 9.59 Å². The average molecular weight is 355 g/mol. The third kappa shape index (κ3) is 4.29. The Hall–Kier alpha value is -2.67. The maximum absolute atomic E-state index is 12.4. The molecule has 3 rings (SSSR count). The van der Waals surface area contributed by atoms with Crippen molar-refractivity contribution in [3.63, 3.8) is 0 Å². The number of carbonyl (C=O) groups is 2. The van der Waals surface area contributed by atoms with Crippen molar-refractivity contribution < 1.29 is 9.59 Å². The van der Waals surface area contributed by atoms with Gasteiger partial charge in [-0.25, -0.2) is 4.98 Å². The first-order valence-corrected chi connectivity index (χ1v) is 8.86. The van der Waals surface area contributed by atoms with Gasteiger partial charge in [0.15, 0.2) is 0 Å². The largest absolute Gasteiger partial charge is 0.353 e. The molecular weight excluding hydrogens is 330 g/mol. The monoisotopic (exact) mass is 355 g/mol. The van der Waals surface area contributed by atoms with Crippen molar-refractivity contribution in [2.24, 2.45) is 0 Å². The zero-order valence-electron chi connectivity index (χ0n) is 15.2. The van der Waals surface area contributed by atoms with Crippen LogP contribution in [0.25, 0.3) is 0 Å². The molecule has 0 saturated carbocycles. The fourth-order valence-electron chi connectivity index (χ4n) is 3.17. The van der Waals surface area contributed by atoms with Crippen molar-refractivity contribution in [1.29, 1.82) is 0 Å². The second kappa shape index (κ2) is 8.14. The maximum atomic E-state index is 12.4. The summed E-state index contributed by atoms with van der Waals surface area (Å²) >= 11 is 0. The average Bonchev–Trinajstić information content (AvgIpc) is 3.03. The number of piperazine rings is 1. The van der Waals surface area contributed by atoms with Crippen molar-refractivity contribution >= 4 is 11.8 Å².